The van der Waals surface area contributed by atoms with Crippen LogP contribution in [0.15, 0.2) is 23.1 Å². The van der Waals surface area contributed by atoms with E-state index in [0.717, 1.165) is 12.8 Å². The molecule has 0 heterocycles. The molecule has 0 radical (unpaired) electrons. The van der Waals surface area contributed by atoms with Crippen molar-refractivity contribution in [3.8, 4) is 5.75 Å². The second-order valence-electron chi connectivity index (χ2n) is 4.48. The lowest BCUT2D eigenvalue weighted by Gasteiger charge is -2.11. The second-order valence-corrected chi connectivity index (χ2v) is 6.24. The molecule has 5 N–H and O–H groups in total. The highest BCUT2D eigenvalue weighted by Gasteiger charge is 2.30. The Morgan fingerprint density at radius 3 is 2.67 bits per heavy atom. The zero-order chi connectivity index (χ0) is 13.3. The molecule has 0 aliphatic heterocycles. The maximum atomic E-state index is 11.9. The van der Waals surface area contributed by atoms with Gasteiger partial charge >= 0.3 is 0 Å². The first kappa shape index (κ1) is 13.1. The van der Waals surface area contributed by atoms with Crippen LogP contribution in [0.25, 0.3) is 0 Å². The van der Waals surface area contributed by atoms with Gasteiger partial charge in [0.15, 0.2) is 0 Å². The van der Waals surface area contributed by atoms with E-state index in [1.165, 1.54) is 18.2 Å². The summed E-state index contributed by atoms with van der Waals surface area (Å²) in [6.45, 7) is -0.00617. The highest BCUT2D eigenvalue weighted by molar-refractivity contribution is 7.89. The van der Waals surface area contributed by atoms with Gasteiger partial charge in [-0.1, -0.05) is 0 Å². The lowest BCUT2D eigenvalue weighted by molar-refractivity contribution is 0.155. The monoisotopic (exact) mass is 272 g/mol. The minimum Gasteiger partial charge on any atom is -0.506 e. The van der Waals surface area contributed by atoms with Crippen molar-refractivity contribution in [2.45, 2.75) is 23.8 Å². The van der Waals surface area contributed by atoms with Crippen LogP contribution in [-0.2, 0) is 10.0 Å². The van der Waals surface area contributed by atoms with Gasteiger partial charge in [0.1, 0.15) is 5.75 Å². The Hall–Kier alpha value is -1.31. The molecule has 1 aliphatic rings. The van der Waals surface area contributed by atoms with Gasteiger partial charge in [-0.15, -0.1) is 0 Å². The molecule has 1 aromatic carbocycles. The number of aromatic hydroxyl groups is 1. The molecule has 1 unspecified atom stereocenters. The number of nitrogens with one attached hydrogen (secondary N) is 1. The lowest BCUT2D eigenvalue weighted by atomic mass is 10.2. The SMILES string of the molecule is Nc1cc(S(=O)(=O)NCC(O)C2CC2)ccc1O. The highest BCUT2D eigenvalue weighted by Crippen LogP contribution is 2.32. The average molecular weight is 272 g/mol. The predicted molar refractivity (Wildman–Crippen MR) is 66.4 cm³/mol. The molecule has 7 heteroatoms. The lowest BCUT2D eigenvalue weighted by Crippen LogP contribution is -2.33. The summed E-state index contributed by atoms with van der Waals surface area (Å²) < 4.78 is 26.1. The Balaban J connectivity index is 2.07. The quantitative estimate of drug-likeness (QED) is 0.446. The van der Waals surface area contributed by atoms with E-state index in [4.69, 9.17) is 5.73 Å². The summed E-state index contributed by atoms with van der Waals surface area (Å²) in [5, 5.41) is 18.8. The van der Waals surface area contributed by atoms with E-state index in [1.807, 2.05) is 0 Å². The van der Waals surface area contributed by atoms with Gasteiger partial charge in [-0.05, 0) is 37.0 Å². The van der Waals surface area contributed by atoms with Crippen molar-refractivity contribution < 1.29 is 18.6 Å². The van der Waals surface area contributed by atoms with Gasteiger partial charge in [0.05, 0.1) is 16.7 Å². The van der Waals surface area contributed by atoms with Gasteiger partial charge in [0, 0.05) is 6.54 Å². The van der Waals surface area contributed by atoms with Crippen molar-refractivity contribution in [3.63, 3.8) is 0 Å². The smallest absolute Gasteiger partial charge is 0.240 e. The van der Waals surface area contributed by atoms with Crippen LogP contribution in [-0.4, -0.2) is 31.3 Å². The summed E-state index contributed by atoms with van der Waals surface area (Å²) in [5.74, 6) is 0.0459. The van der Waals surface area contributed by atoms with Crippen molar-refractivity contribution >= 4 is 15.7 Å². The molecule has 0 spiro atoms. The molecule has 100 valence electrons. The van der Waals surface area contributed by atoms with Crippen molar-refractivity contribution in [2.24, 2.45) is 5.92 Å². The third-order valence-electron chi connectivity index (χ3n) is 2.96. The second kappa shape index (κ2) is 4.75. The number of sulfonamides is 1. The Morgan fingerprint density at radius 1 is 1.44 bits per heavy atom. The zero-order valence-corrected chi connectivity index (χ0v) is 10.5. The van der Waals surface area contributed by atoms with Gasteiger partial charge in [0.2, 0.25) is 10.0 Å². The summed E-state index contributed by atoms with van der Waals surface area (Å²) in [7, 11) is -3.70. The Bertz CT molecular complexity index is 540. The van der Waals surface area contributed by atoms with E-state index in [-0.39, 0.29) is 28.8 Å². The van der Waals surface area contributed by atoms with Crippen LogP contribution >= 0.6 is 0 Å². The number of phenols is 1. The third kappa shape index (κ3) is 2.92. The molecular weight excluding hydrogens is 256 g/mol. The predicted octanol–water partition coefficient (Wildman–Crippen LogP) is 0.0236. The molecule has 1 aliphatic carbocycles. The van der Waals surface area contributed by atoms with Crippen LogP contribution < -0.4 is 10.5 Å². The fourth-order valence-electron chi connectivity index (χ4n) is 1.63. The summed E-state index contributed by atoms with van der Waals surface area (Å²) in [4.78, 5) is -0.0270. The number of nitrogens with two attached hydrogens (primary N) is 1. The van der Waals surface area contributed by atoms with E-state index >= 15 is 0 Å². The van der Waals surface area contributed by atoms with Gasteiger partial charge in [0.25, 0.3) is 0 Å². The first-order valence-corrected chi connectivity index (χ1v) is 7.14. The zero-order valence-electron chi connectivity index (χ0n) is 9.70. The molecule has 0 bridgehead atoms. The van der Waals surface area contributed by atoms with Crippen LogP contribution in [0.1, 0.15) is 12.8 Å². The van der Waals surface area contributed by atoms with Crippen LogP contribution in [0.5, 0.6) is 5.75 Å². The maximum absolute atomic E-state index is 11.9. The van der Waals surface area contributed by atoms with Crippen molar-refractivity contribution in [1.29, 1.82) is 0 Å². The van der Waals surface area contributed by atoms with E-state index < -0.39 is 16.1 Å². The number of hydrogen-bond acceptors (Lipinski definition) is 5. The number of hydrogen-bond donors (Lipinski definition) is 4. The molecule has 0 saturated heterocycles. The van der Waals surface area contributed by atoms with Crippen LogP contribution in [0, 0.1) is 5.92 Å². The van der Waals surface area contributed by atoms with E-state index in [9.17, 15) is 18.6 Å². The molecule has 18 heavy (non-hydrogen) atoms. The largest absolute Gasteiger partial charge is 0.506 e. The van der Waals surface area contributed by atoms with Gasteiger partial charge in [-0.2, -0.15) is 0 Å². The molecule has 1 aromatic rings. The Morgan fingerprint density at radius 2 is 2.11 bits per heavy atom. The molecule has 1 saturated carbocycles. The highest BCUT2D eigenvalue weighted by atomic mass is 32.2. The van der Waals surface area contributed by atoms with E-state index in [0.29, 0.717) is 0 Å². The number of benzene rings is 1. The topological polar surface area (TPSA) is 113 Å². The van der Waals surface area contributed by atoms with Crippen LogP contribution in [0.4, 0.5) is 5.69 Å². The van der Waals surface area contributed by atoms with Crippen molar-refractivity contribution in [2.75, 3.05) is 12.3 Å². The fraction of sp³-hybridized carbons (Fsp3) is 0.455. The summed E-state index contributed by atoms with van der Waals surface area (Å²) in [6, 6.07) is 3.67. The van der Waals surface area contributed by atoms with Crippen molar-refractivity contribution in [1.82, 2.24) is 4.72 Å². The summed E-state index contributed by atoms with van der Waals surface area (Å²) in [6.07, 6.45) is 1.23. The number of rotatable bonds is 5. The number of aliphatic hydroxyl groups excluding tert-OH is 1. The molecular formula is C11H16N2O4S. The third-order valence-corrected chi connectivity index (χ3v) is 4.38. The molecule has 6 nitrogen and oxygen atoms in total. The minimum atomic E-state index is -3.70. The number of aliphatic hydroxyl groups is 1. The van der Waals surface area contributed by atoms with Crippen LogP contribution in [0.3, 0.4) is 0 Å². The first-order valence-electron chi connectivity index (χ1n) is 5.66. The molecule has 0 aromatic heterocycles. The number of anilines is 1. The molecule has 0 amide bonds. The minimum absolute atomic E-state index is 0.000571. The van der Waals surface area contributed by atoms with Gasteiger partial charge in [-0.25, -0.2) is 13.1 Å². The van der Waals surface area contributed by atoms with Crippen LogP contribution in [0.2, 0.25) is 0 Å². The van der Waals surface area contributed by atoms with Crippen molar-refractivity contribution in [3.05, 3.63) is 18.2 Å². The standard InChI is InChI=1S/C11H16N2O4S/c12-9-5-8(3-4-10(9)14)18(16,17)13-6-11(15)7-1-2-7/h3-5,7,11,13-15H,1-2,6,12H2. The summed E-state index contributed by atoms with van der Waals surface area (Å²) >= 11 is 0. The normalized spacial score (nSPS) is 17.6. The van der Waals surface area contributed by atoms with Gasteiger partial charge < -0.3 is 15.9 Å². The molecule has 1 fully saturated rings. The average Bonchev–Trinajstić information content (AvgIpc) is 3.13. The van der Waals surface area contributed by atoms with E-state index in [1.54, 1.807) is 0 Å². The summed E-state index contributed by atoms with van der Waals surface area (Å²) in [5.41, 5.74) is 5.44. The Kier molecular flexibility index (Phi) is 3.47. The fourth-order valence-corrected chi connectivity index (χ4v) is 2.71. The number of nitrogen functional groups attached to an aromatic ring is 1. The number of phenolic OH excluding ortho intramolecular Hbond substituents is 1. The maximum Gasteiger partial charge on any atom is 0.240 e. The Labute approximate surface area is 105 Å². The van der Waals surface area contributed by atoms with E-state index in [2.05, 4.69) is 4.72 Å². The molecule has 2 rings (SSSR count). The van der Waals surface area contributed by atoms with Gasteiger partial charge in [-0.3, -0.25) is 0 Å². The molecule has 1 atom stereocenters. The first-order chi connectivity index (χ1) is 8.40.